The summed E-state index contributed by atoms with van der Waals surface area (Å²) in [6.45, 7) is 8.47. The van der Waals surface area contributed by atoms with Crippen molar-refractivity contribution in [3.63, 3.8) is 0 Å². The van der Waals surface area contributed by atoms with Gasteiger partial charge in [0.25, 0.3) is 0 Å². The zero-order chi connectivity index (χ0) is 28.3. The van der Waals surface area contributed by atoms with Crippen LogP contribution in [-0.4, -0.2) is 38.6 Å². The number of nitrogens with zero attached hydrogens (tertiary/aromatic N) is 1. The van der Waals surface area contributed by atoms with Crippen LogP contribution in [0.4, 0.5) is 0 Å². The Morgan fingerprint density at radius 1 is 0.872 bits per heavy atom. The van der Waals surface area contributed by atoms with Gasteiger partial charge in [0.1, 0.15) is 11.6 Å². The van der Waals surface area contributed by atoms with E-state index in [1.165, 1.54) is 0 Å². The van der Waals surface area contributed by atoms with Crippen molar-refractivity contribution in [1.29, 1.82) is 0 Å². The van der Waals surface area contributed by atoms with Crippen LogP contribution in [0.3, 0.4) is 0 Å². The zero-order valence-corrected chi connectivity index (χ0v) is 24.5. The summed E-state index contributed by atoms with van der Waals surface area (Å²) in [6.07, 6.45) is 1.77. The number of hydrogen-bond acceptors (Lipinski definition) is 4. The number of aliphatic hydroxyl groups is 2. The van der Waals surface area contributed by atoms with E-state index in [9.17, 15) is 19.8 Å². The maximum Gasteiger partial charge on any atom is 0.139 e. The van der Waals surface area contributed by atoms with E-state index in [-0.39, 0.29) is 22.4 Å². The third kappa shape index (κ3) is 5.56. The van der Waals surface area contributed by atoms with E-state index >= 15 is 0 Å². The molecule has 2 fully saturated rings. The van der Waals surface area contributed by atoms with Gasteiger partial charge in [0.05, 0.1) is 34.1 Å². The number of carbonyl (C=O) groups excluding carboxylic acids is 2. The van der Waals surface area contributed by atoms with Crippen molar-refractivity contribution < 1.29 is 19.8 Å². The fourth-order valence-corrected chi connectivity index (χ4v) is 7.46. The Bertz CT molecular complexity index is 1380. The van der Waals surface area contributed by atoms with Gasteiger partial charge in [-0.05, 0) is 53.0 Å². The van der Waals surface area contributed by atoms with Crippen LogP contribution in [-0.2, 0) is 16.1 Å². The van der Waals surface area contributed by atoms with E-state index in [0.29, 0.717) is 42.3 Å². The number of halogens is 2. The highest BCUT2D eigenvalue weighted by molar-refractivity contribution is 6.42. The SMILES string of the molecule is CC1(C)CC(=O)[C@@H](C(c2cn(Cc3ccc(Cl)c(Cl)c3)c3ccccc23)[C@H]2C(=O)CC(C)(C)C[C@@H]2O)[C@H](O)C1. The second-order valence-corrected chi connectivity index (χ2v) is 14.0. The lowest BCUT2D eigenvalue weighted by atomic mass is 9.58. The van der Waals surface area contributed by atoms with Crippen LogP contribution in [0.15, 0.2) is 48.7 Å². The first kappa shape index (κ1) is 28.4. The number of rotatable bonds is 5. The summed E-state index contributed by atoms with van der Waals surface area (Å²) in [7, 11) is 0. The molecule has 5 rings (SSSR count). The summed E-state index contributed by atoms with van der Waals surface area (Å²) >= 11 is 12.4. The Morgan fingerprint density at radius 2 is 1.44 bits per heavy atom. The number of aromatic nitrogens is 1. The molecule has 0 spiro atoms. The summed E-state index contributed by atoms with van der Waals surface area (Å²) in [4.78, 5) is 27.5. The average Bonchev–Trinajstić information content (AvgIpc) is 3.16. The molecule has 2 saturated carbocycles. The highest BCUT2D eigenvalue weighted by Gasteiger charge is 2.52. The highest BCUT2D eigenvalue weighted by Crippen LogP contribution is 2.51. The first-order valence-corrected chi connectivity index (χ1v) is 14.5. The number of benzene rings is 2. The van der Waals surface area contributed by atoms with Gasteiger partial charge in [0.15, 0.2) is 0 Å². The van der Waals surface area contributed by atoms with Gasteiger partial charge < -0.3 is 14.8 Å². The number of para-hydroxylation sites is 1. The predicted octanol–water partition coefficient (Wildman–Crippen LogP) is 6.81. The Hall–Kier alpha value is -2.18. The normalized spacial score (nSPS) is 27.6. The maximum atomic E-state index is 13.7. The number of carbonyl (C=O) groups is 2. The standard InChI is InChI=1S/C32H37Cl2NO4/c1-31(2)12-24(36)29(25(37)13-31)28(30-26(38)14-32(3,4)15-27(30)39)20-17-35(23-8-6-5-7-19(20)23)16-18-9-10-21(33)22(34)11-18/h5-11,17,24,26,28-30,36,38H,12-16H2,1-4H3/t24-,26+,28?,29+,30-. The number of Topliss-reactive ketones (excluding diaryl/α,β-unsaturated/α-hetero) is 2. The van der Waals surface area contributed by atoms with E-state index in [2.05, 4.69) is 4.57 Å². The molecule has 1 heterocycles. The molecule has 7 heteroatoms. The van der Waals surface area contributed by atoms with Gasteiger partial charge in [-0.1, -0.05) is 75.2 Å². The molecule has 1 aromatic heterocycles. The molecule has 208 valence electrons. The summed E-state index contributed by atoms with van der Waals surface area (Å²) < 4.78 is 2.09. The topological polar surface area (TPSA) is 79.5 Å². The minimum Gasteiger partial charge on any atom is -0.392 e. The van der Waals surface area contributed by atoms with Gasteiger partial charge in [-0.3, -0.25) is 9.59 Å². The summed E-state index contributed by atoms with van der Waals surface area (Å²) in [5, 5.41) is 24.7. The zero-order valence-electron chi connectivity index (χ0n) is 23.0. The molecule has 0 aliphatic heterocycles. The molecule has 0 amide bonds. The first-order chi connectivity index (χ1) is 18.3. The Kier molecular flexibility index (Phi) is 7.51. The third-order valence-corrected chi connectivity index (χ3v) is 9.43. The summed E-state index contributed by atoms with van der Waals surface area (Å²) in [5.41, 5.74) is 2.08. The van der Waals surface area contributed by atoms with Crippen molar-refractivity contribution >= 4 is 45.7 Å². The molecule has 1 unspecified atom stereocenters. The molecule has 0 saturated heterocycles. The molecule has 2 aromatic carbocycles. The fourth-order valence-electron chi connectivity index (χ4n) is 7.13. The average molecular weight is 571 g/mol. The van der Waals surface area contributed by atoms with Crippen molar-refractivity contribution in [2.24, 2.45) is 22.7 Å². The monoisotopic (exact) mass is 569 g/mol. The van der Waals surface area contributed by atoms with Crippen molar-refractivity contribution in [2.45, 2.75) is 78.0 Å². The predicted molar refractivity (Wildman–Crippen MR) is 155 cm³/mol. The van der Waals surface area contributed by atoms with E-state index in [0.717, 1.165) is 22.0 Å². The van der Waals surface area contributed by atoms with Crippen LogP contribution >= 0.6 is 23.2 Å². The minimum absolute atomic E-state index is 0.0464. The number of aliphatic hydroxyl groups excluding tert-OH is 2. The van der Waals surface area contributed by atoms with Crippen molar-refractivity contribution in [2.75, 3.05) is 0 Å². The quantitative estimate of drug-likeness (QED) is 0.353. The van der Waals surface area contributed by atoms with Crippen molar-refractivity contribution in [1.82, 2.24) is 4.57 Å². The highest BCUT2D eigenvalue weighted by atomic mass is 35.5. The fraction of sp³-hybridized carbons (Fsp3) is 0.500. The molecule has 5 atom stereocenters. The van der Waals surface area contributed by atoms with Gasteiger partial charge in [0.2, 0.25) is 0 Å². The Labute approximate surface area is 240 Å². The van der Waals surface area contributed by atoms with Crippen LogP contribution in [0.5, 0.6) is 0 Å². The molecular formula is C32H37Cl2NO4. The van der Waals surface area contributed by atoms with Gasteiger partial charge in [0, 0.05) is 42.4 Å². The van der Waals surface area contributed by atoms with Crippen molar-refractivity contribution in [3.8, 4) is 0 Å². The molecule has 2 aliphatic carbocycles. The number of hydrogen-bond donors (Lipinski definition) is 2. The first-order valence-electron chi connectivity index (χ1n) is 13.7. The van der Waals surface area contributed by atoms with Crippen LogP contribution in [0.25, 0.3) is 10.9 Å². The van der Waals surface area contributed by atoms with Crippen LogP contribution < -0.4 is 0 Å². The Balaban J connectivity index is 1.66. The number of fused-ring (bicyclic) bond motifs is 1. The molecule has 5 nitrogen and oxygen atoms in total. The lowest BCUT2D eigenvalue weighted by molar-refractivity contribution is -0.144. The van der Waals surface area contributed by atoms with E-state index in [1.54, 1.807) is 6.07 Å². The lowest BCUT2D eigenvalue weighted by Crippen LogP contribution is -2.51. The van der Waals surface area contributed by atoms with Gasteiger partial charge >= 0.3 is 0 Å². The maximum absolute atomic E-state index is 13.7. The molecule has 2 aliphatic rings. The van der Waals surface area contributed by atoms with E-state index < -0.39 is 30.0 Å². The molecule has 0 radical (unpaired) electrons. The van der Waals surface area contributed by atoms with Crippen LogP contribution in [0, 0.1) is 22.7 Å². The van der Waals surface area contributed by atoms with E-state index in [4.69, 9.17) is 23.2 Å². The summed E-state index contributed by atoms with van der Waals surface area (Å²) in [5.74, 6) is -2.27. The second-order valence-electron chi connectivity index (χ2n) is 13.2. The van der Waals surface area contributed by atoms with Gasteiger partial charge in [-0.25, -0.2) is 0 Å². The smallest absolute Gasteiger partial charge is 0.139 e. The third-order valence-electron chi connectivity index (χ3n) is 8.69. The molecule has 2 N–H and O–H groups in total. The van der Waals surface area contributed by atoms with Crippen LogP contribution in [0.1, 0.15) is 70.4 Å². The van der Waals surface area contributed by atoms with Crippen molar-refractivity contribution in [3.05, 3.63) is 69.8 Å². The molecule has 3 aromatic rings. The van der Waals surface area contributed by atoms with Gasteiger partial charge in [-0.2, -0.15) is 0 Å². The second kappa shape index (κ2) is 10.3. The number of ketones is 2. The summed E-state index contributed by atoms with van der Waals surface area (Å²) in [6, 6.07) is 13.4. The van der Waals surface area contributed by atoms with Gasteiger partial charge in [-0.15, -0.1) is 0 Å². The molecule has 39 heavy (non-hydrogen) atoms. The van der Waals surface area contributed by atoms with Crippen LogP contribution in [0.2, 0.25) is 10.0 Å². The minimum atomic E-state index is -0.904. The molecular weight excluding hydrogens is 533 g/mol. The molecule has 0 bridgehead atoms. The van der Waals surface area contributed by atoms with E-state index in [1.807, 2.05) is 70.3 Å². The lowest BCUT2D eigenvalue weighted by Gasteiger charge is -2.46. The Morgan fingerprint density at radius 3 is 1.97 bits per heavy atom. The largest absolute Gasteiger partial charge is 0.392 e.